The Morgan fingerprint density at radius 3 is 2.26 bits per heavy atom. The molecule has 0 saturated carbocycles. The van der Waals surface area contributed by atoms with Gasteiger partial charge in [0.15, 0.2) is 11.5 Å². The number of benzene rings is 4. The maximum absolute atomic E-state index is 13.9. The van der Waals surface area contributed by atoms with Gasteiger partial charge >= 0.3 is 0 Å². The molecule has 1 N–H and O–H groups in total. The van der Waals surface area contributed by atoms with Gasteiger partial charge in [0, 0.05) is 54.2 Å². The van der Waals surface area contributed by atoms with E-state index in [4.69, 9.17) is 4.52 Å². The zero-order valence-electron chi connectivity index (χ0n) is 20.9. The van der Waals surface area contributed by atoms with Crippen molar-refractivity contribution in [3.8, 4) is 11.3 Å². The quantitative estimate of drug-likeness (QED) is 0.359. The SMILES string of the molecule is O=C([O-])c1ccccc1Nc1cc(N2CCN(c3ccccc3)CC2)c2noc3c2c1C(=O)c1ccccc1-3. The molecule has 1 fully saturated rings. The zero-order valence-corrected chi connectivity index (χ0v) is 20.9. The van der Waals surface area contributed by atoms with Crippen LogP contribution in [0.15, 0.2) is 89.5 Å². The van der Waals surface area contributed by atoms with Crippen molar-refractivity contribution in [1.82, 2.24) is 5.16 Å². The Labute approximate surface area is 224 Å². The first-order valence-corrected chi connectivity index (χ1v) is 12.8. The lowest BCUT2D eigenvalue weighted by Gasteiger charge is -2.37. The molecule has 0 radical (unpaired) electrons. The van der Waals surface area contributed by atoms with Gasteiger partial charge < -0.3 is 29.5 Å². The van der Waals surface area contributed by atoms with Gasteiger partial charge in [0.25, 0.3) is 0 Å². The van der Waals surface area contributed by atoms with Crippen LogP contribution in [0.1, 0.15) is 26.3 Å². The standard InChI is InChI=1S/C31H24N4O4/c36-29-20-10-4-5-11-21(20)30-27-26(29)24(32-23-13-7-6-12-22(23)31(37)38)18-25(28(27)33-39-30)35-16-14-34(15-17-35)19-8-2-1-3-9-19/h1-13,18,32H,14-17H2,(H,37,38)/p-1. The van der Waals surface area contributed by atoms with E-state index in [1.165, 1.54) is 11.8 Å². The monoisotopic (exact) mass is 515 g/mol. The minimum atomic E-state index is -1.30. The van der Waals surface area contributed by atoms with Crippen LogP contribution in [0.25, 0.3) is 22.2 Å². The number of carboxylic acids is 1. The molecule has 1 aromatic heterocycles. The van der Waals surface area contributed by atoms with E-state index >= 15 is 0 Å². The Morgan fingerprint density at radius 1 is 0.821 bits per heavy atom. The summed E-state index contributed by atoms with van der Waals surface area (Å²) < 4.78 is 5.89. The van der Waals surface area contributed by atoms with Gasteiger partial charge in [0.05, 0.1) is 28.3 Å². The molecule has 0 atom stereocenters. The number of nitrogens with one attached hydrogen (secondary N) is 1. The molecule has 1 aliphatic carbocycles. The molecule has 192 valence electrons. The summed E-state index contributed by atoms with van der Waals surface area (Å²) in [5.41, 5.74) is 5.12. The number of anilines is 4. The van der Waals surface area contributed by atoms with E-state index < -0.39 is 5.97 Å². The summed E-state index contributed by atoms with van der Waals surface area (Å²) in [6.45, 7) is 3.11. The molecule has 7 rings (SSSR count). The summed E-state index contributed by atoms with van der Waals surface area (Å²) >= 11 is 0. The van der Waals surface area contributed by atoms with Gasteiger partial charge in [0.1, 0.15) is 5.52 Å². The normalized spacial score (nSPS) is 14.4. The number of carbonyl (C=O) groups excluding carboxylic acids is 2. The van der Waals surface area contributed by atoms with Crippen molar-refractivity contribution in [2.24, 2.45) is 0 Å². The number of rotatable bonds is 5. The molecule has 2 heterocycles. The second kappa shape index (κ2) is 9.02. The predicted molar refractivity (Wildman–Crippen MR) is 148 cm³/mol. The van der Waals surface area contributed by atoms with Crippen LogP contribution in [0, 0.1) is 0 Å². The lowest BCUT2D eigenvalue weighted by Crippen LogP contribution is -2.46. The number of carbonyl (C=O) groups is 2. The number of carboxylic acid groups (broad SMARTS) is 1. The van der Waals surface area contributed by atoms with E-state index in [-0.39, 0.29) is 11.3 Å². The van der Waals surface area contributed by atoms with E-state index in [1.807, 2.05) is 42.5 Å². The lowest BCUT2D eigenvalue weighted by atomic mass is 9.86. The Balaban J connectivity index is 1.36. The maximum Gasteiger partial charge on any atom is 0.196 e. The first-order valence-electron chi connectivity index (χ1n) is 12.8. The fourth-order valence-corrected chi connectivity index (χ4v) is 5.64. The van der Waals surface area contributed by atoms with Crippen molar-refractivity contribution >= 4 is 45.4 Å². The Morgan fingerprint density at radius 2 is 1.49 bits per heavy atom. The third kappa shape index (κ3) is 3.72. The van der Waals surface area contributed by atoms with Crippen LogP contribution in [-0.2, 0) is 0 Å². The Hall–Kier alpha value is -5.11. The van der Waals surface area contributed by atoms with Crippen LogP contribution in [0.5, 0.6) is 0 Å². The Kier molecular flexibility index (Phi) is 5.33. The highest BCUT2D eigenvalue weighted by atomic mass is 16.5. The second-order valence-electron chi connectivity index (χ2n) is 9.70. The number of fused-ring (bicyclic) bond motifs is 2. The van der Waals surface area contributed by atoms with Gasteiger partial charge in [-0.05, 0) is 24.3 Å². The summed E-state index contributed by atoms with van der Waals surface area (Å²) in [7, 11) is 0. The highest BCUT2D eigenvalue weighted by molar-refractivity contribution is 6.29. The molecule has 0 unspecified atom stereocenters. The van der Waals surface area contributed by atoms with E-state index in [0.29, 0.717) is 44.7 Å². The summed E-state index contributed by atoms with van der Waals surface area (Å²) in [5, 5.41) is 20.2. The second-order valence-corrected chi connectivity index (χ2v) is 9.70. The zero-order chi connectivity index (χ0) is 26.5. The van der Waals surface area contributed by atoms with Crippen LogP contribution in [-0.4, -0.2) is 43.1 Å². The summed E-state index contributed by atoms with van der Waals surface area (Å²) in [5.74, 6) is -0.927. The number of piperazine rings is 1. The number of ketones is 1. The van der Waals surface area contributed by atoms with Crippen LogP contribution in [0.4, 0.5) is 22.7 Å². The van der Waals surface area contributed by atoms with Crippen molar-refractivity contribution in [3.05, 3.63) is 102 Å². The molecule has 4 aromatic carbocycles. The van der Waals surface area contributed by atoms with E-state index in [1.54, 1.807) is 24.3 Å². The molecule has 8 nitrogen and oxygen atoms in total. The summed E-state index contributed by atoms with van der Waals surface area (Å²) in [6, 6.07) is 26.0. The van der Waals surface area contributed by atoms with Gasteiger partial charge in [-0.25, -0.2) is 0 Å². The lowest BCUT2D eigenvalue weighted by molar-refractivity contribution is -0.254. The van der Waals surface area contributed by atoms with Crippen LogP contribution < -0.4 is 20.2 Å². The van der Waals surface area contributed by atoms with Crippen molar-refractivity contribution in [3.63, 3.8) is 0 Å². The topological polar surface area (TPSA) is 102 Å². The number of aromatic nitrogens is 1. The van der Waals surface area contributed by atoms with Gasteiger partial charge in [0.2, 0.25) is 0 Å². The van der Waals surface area contributed by atoms with E-state index in [0.717, 1.165) is 31.9 Å². The fourth-order valence-electron chi connectivity index (χ4n) is 5.64. The molecular formula is C31H23N4O4-. The molecule has 2 aliphatic rings. The number of nitrogens with zero attached hydrogens (tertiary/aromatic N) is 3. The third-order valence-electron chi connectivity index (χ3n) is 7.54. The highest BCUT2D eigenvalue weighted by Gasteiger charge is 2.34. The minimum Gasteiger partial charge on any atom is -0.545 e. The molecule has 0 bridgehead atoms. The first kappa shape index (κ1) is 23.0. The van der Waals surface area contributed by atoms with Gasteiger partial charge in [-0.15, -0.1) is 0 Å². The number of hydrogen-bond acceptors (Lipinski definition) is 8. The minimum absolute atomic E-state index is 0.0111. The molecule has 1 saturated heterocycles. The van der Waals surface area contributed by atoms with E-state index in [9.17, 15) is 14.7 Å². The first-order chi connectivity index (χ1) is 19.1. The number of para-hydroxylation sites is 2. The smallest absolute Gasteiger partial charge is 0.196 e. The highest BCUT2D eigenvalue weighted by Crippen LogP contribution is 2.46. The Bertz CT molecular complexity index is 1750. The average molecular weight is 516 g/mol. The third-order valence-corrected chi connectivity index (χ3v) is 7.54. The summed E-state index contributed by atoms with van der Waals surface area (Å²) in [4.78, 5) is 30.3. The molecule has 39 heavy (non-hydrogen) atoms. The van der Waals surface area contributed by atoms with Crippen LogP contribution in [0.3, 0.4) is 0 Å². The molecule has 0 amide bonds. The summed E-state index contributed by atoms with van der Waals surface area (Å²) in [6.07, 6.45) is 0. The van der Waals surface area contributed by atoms with Gasteiger partial charge in [-0.3, -0.25) is 4.79 Å². The number of aromatic carboxylic acids is 1. The predicted octanol–water partition coefficient (Wildman–Crippen LogP) is 4.47. The maximum atomic E-state index is 13.9. The molecule has 8 heteroatoms. The van der Waals surface area contributed by atoms with Crippen LogP contribution >= 0.6 is 0 Å². The average Bonchev–Trinajstić information content (AvgIpc) is 3.42. The van der Waals surface area contributed by atoms with E-state index in [2.05, 4.69) is 32.4 Å². The molecule has 0 spiro atoms. The molecule has 1 aliphatic heterocycles. The van der Waals surface area contributed by atoms with Crippen molar-refractivity contribution in [1.29, 1.82) is 0 Å². The van der Waals surface area contributed by atoms with Crippen LogP contribution in [0.2, 0.25) is 0 Å². The number of hydrogen-bond donors (Lipinski definition) is 1. The van der Waals surface area contributed by atoms with Crippen molar-refractivity contribution in [2.75, 3.05) is 41.3 Å². The fraction of sp³-hybridized carbons (Fsp3) is 0.129. The van der Waals surface area contributed by atoms with Gasteiger partial charge in [-0.2, -0.15) is 0 Å². The van der Waals surface area contributed by atoms with Crippen molar-refractivity contribution in [2.45, 2.75) is 0 Å². The molecule has 5 aromatic rings. The van der Waals surface area contributed by atoms with Gasteiger partial charge in [-0.1, -0.05) is 65.8 Å². The molecular weight excluding hydrogens is 492 g/mol. The largest absolute Gasteiger partial charge is 0.545 e. The van der Waals surface area contributed by atoms with Crippen molar-refractivity contribution < 1.29 is 19.2 Å².